The SMILES string of the molecule is CC(CN1CCCC1)C(=O)c1ccc(CC(O)O)cc1. The molecule has 1 atom stereocenters. The van der Waals surface area contributed by atoms with Gasteiger partial charge < -0.3 is 15.1 Å². The molecule has 1 aromatic rings. The van der Waals surface area contributed by atoms with Crippen LogP contribution in [0.3, 0.4) is 0 Å². The smallest absolute Gasteiger partial charge is 0.166 e. The van der Waals surface area contributed by atoms with Crippen molar-refractivity contribution in [2.24, 2.45) is 5.92 Å². The van der Waals surface area contributed by atoms with Crippen molar-refractivity contribution in [3.8, 4) is 0 Å². The summed E-state index contributed by atoms with van der Waals surface area (Å²) < 4.78 is 0. The molecule has 0 bridgehead atoms. The molecule has 1 aromatic carbocycles. The zero-order chi connectivity index (χ0) is 14.5. The number of aliphatic hydroxyl groups is 2. The third-order valence-corrected chi connectivity index (χ3v) is 3.84. The fraction of sp³-hybridized carbons (Fsp3) is 0.562. The first kappa shape index (κ1) is 15.2. The van der Waals surface area contributed by atoms with E-state index in [1.54, 1.807) is 24.3 Å². The summed E-state index contributed by atoms with van der Waals surface area (Å²) in [5, 5.41) is 17.8. The molecule has 1 saturated heterocycles. The first-order valence-corrected chi connectivity index (χ1v) is 7.28. The van der Waals surface area contributed by atoms with Crippen LogP contribution in [0.5, 0.6) is 0 Å². The lowest BCUT2D eigenvalue weighted by Crippen LogP contribution is -2.29. The maximum Gasteiger partial charge on any atom is 0.166 e. The summed E-state index contributed by atoms with van der Waals surface area (Å²) in [4.78, 5) is 14.7. The van der Waals surface area contributed by atoms with Crippen molar-refractivity contribution in [3.05, 3.63) is 35.4 Å². The molecule has 0 saturated carbocycles. The largest absolute Gasteiger partial charge is 0.368 e. The first-order valence-electron chi connectivity index (χ1n) is 7.28. The number of Topliss-reactive ketones (excluding diaryl/α,β-unsaturated/α-hetero) is 1. The molecule has 2 N–H and O–H groups in total. The molecule has 20 heavy (non-hydrogen) atoms. The molecule has 1 fully saturated rings. The van der Waals surface area contributed by atoms with Gasteiger partial charge in [-0.2, -0.15) is 0 Å². The van der Waals surface area contributed by atoms with Crippen molar-refractivity contribution in [3.63, 3.8) is 0 Å². The highest BCUT2D eigenvalue weighted by atomic mass is 16.5. The van der Waals surface area contributed by atoms with Gasteiger partial charge in [0.2, 0.25) is 0 Å². The molecule has 1 aliphatic rings. The molecule has 1 aliphatic heterocycles. The molecule has 4 nitrogen and oxygen atoms in total. The van der Waals surface area contributed by atoms with E-state index >= 15 is 0 Å². The Bertz CT molecular complexity index is 436. The van der Waals surface area contributed by atoms with Crippen molar-refractivity contribution in [1.82, 2.24) is 4.90 Å². The van der Waals surface area contributed by atoms with Crippen molar-refractivity contribution < 1.29 is 15.0 Å². The first-order chi connectivity index (χ1) is 9.56. The van der Waals surface area contributed by atoms with E-state index in [4.69, 9.17) is 10.2 Å². The molecule has 1 unspecified atom stereocenters. The predicted molar refractivity (Wildman–Crippen MR) is 77.5 cm³/mol. The maximum absolute atomic E-state index is 12.3. The summed E-state index contributed by atoms with van der Waals surface area (Å²) in [6.45, 7) is 5.01. The third kappa shape index (κ3) is 4.13. The minimum Gasteiger partial charge on any atom is -0.368 e. The standard InChI is InChI=1S/C16H23NO3/c1-12(11-17-8-2-3-9-17)16(20)14-6-4-13(5-7-14)10-15(18)19/h4-7,12,15,18-19H,2-3,8-11H2,1H3. The number of rotatable bonds is 6. The molecular formula is C16H23NO3. The van der Waals surface area contributed by atoms with Gasteiger partial charge in [0.15, 0.2) is 12.1 Å². The highest BCUT2D eigenvalue weighted by molar-refractivity contribution is 5.97. The minimum absolute atomic E-state index is 0.00221. The van der Waals surface area contributed by atoms with Gasteiger partial charge in [0.05, 0.1) is 0 Å². The van der Waals surface area contributed by atoms with E-state index < -0.39 is 6.29 Å². The van der Waals surface area contributed by atoms with Crippen LogP contribution in [0.1, 0.15) is 35.7 Å². The molecule has 0 aromatic heterocycles. The Morgan fingerprint density at radius 3 is 2.35 bits per heavy atom. The zero-order valence-corrected chi connectivity index (χ0v) is 12.0. The highest BCUT2D eigenvalue weighted by Crippen LogP contribution is 2.15. The van der Waals surface area contributed by atoms with Gasteiger partial charge in [-0.15, -0.1) is 0 Å². The monoisotopic (exact) mass is 277 g/mol. The van der Waals surface area contributed by atoms with E-state index in [9.17, 15) is 4.79 Å². The summed E-state index contributed by atoms with van der Waals surface area (Å²) in [6.07, 6.45) is 1.32. The number of hydrogen-bond donors (Lipinski definition) is 2. The number of ketones is 1. The van der Waals surface area contributed by atoms with Gasteiger partial charge in [0, 0.05) is 24.4 Å². The lowest BCUT2D eigenvalue weighted by atomic mass is 9.97. The molecule has 0 aliphatic carbocycles. The van der Waals surface area contributed by atoms with Crippen LogP contribution in [0.2, 0.25) is 0 Å². The number of likely N-dealkylation sites (tertiary alicyclic amines) is 1. The van der Waals surface area contributed by atoms with Gasteiger partial charge in [-0.3, -0.25) is 4.79 Å². The Kier molecular flexibility index (Phi) is 5.29. The van der Waals surface area contributed by atoms with E-state index in [-0.39, 0.29) is 18.1 Å². The Morgan fingerprint density at radius 1 is 1.20 bits per heavy atom. The average molecular weight is 277 g/mol. The summed E-state index contributed by atoms with van der Waals surface area (Å²) in [7, 11) is 0. The van der Waals surface area contributed by atoms with Gasteiger partial charge >= 0.3 is 0 Å². The topological polar surface area (TPSA) is 60.8 Å². The lowest BCUT2D eigenvalue weighted by Gasteiger charge is -2.19. The maximum atomic E-state index is 12.3. The van der Waals surface area contributed by atoms with E-state index in [1.807, 2.05) is 6.92 Å². The zero-order valence-electron chi connectivity index (χ0n) is 12.0. The molecule has 110 valence electrons. The normalized spacial score (nSPS) is 17.6. The summed E-state index contributed by atoms with van der Waals surface area (Å²) in [6, 6.07) is 7.13. The molecule has 4 heteroatoms. The van der Waals surface area contributed by atoms with E-state index in [1.165, 1.54) is 12.8 Å². The number of aliphatic hydroxyl groups excluding tert-OH is 1. The second kappa shape index (κ2) is 6.97. The van der Waals surface area contributed by atoms with Crippen LogP contribution in [0, 0.1) is 5.92 Å². The van der Waals surface area contributed by atoms with Crippen LogP contribution in [0.4, 0.5) is 0 Å². The van der Waals surface area contributed by atoms with Gasteiger partial charge in [0.25, 0.3) is 0 Å². The Balaban J connectivity index is 1.93. The highest BCUT2D eigenvalue weighted by Gasteiger charge is 2.20. The number of nitrogens with zero attached hydrogens (tertiary/aromatic N) is 1. The molecule has 0 spiro atoms. The fourth-order valence-electron chi connectivity index (χ4n) is 2.74. The number of carbonyl (C=O) groups excluding carboxylic acids is 1. The third-order valence-electron chi connectivity index (χ3n) is 3.84. The Labute approximate surface area is 120 Å². The van der Waals surface area contributed by atoms with E-state index in [2.05, 4.69) is 4.90 Å². The van der Waals surface area contributed by atoms with Crippen LogP contribution in [-0.4, -0.2) is 46.8 Å². The molecule has 2 rings (SSSR count). The van der Waals surface area contributed by atoms with Gasteiger partial charge in [-0.05, 0) is 31.5 Å². The Morgan fingerprint density at radius 2 is 1.80 bits per heavy atom. The van der Waals surface area contributed by atoms with Crippen LogP contribution in [-0.2, 0) is 6.42 Å². The summed E-state index contributed by atoms with van der Waals surface area (Å²) >= 11 is 0. The summed E-state index contributed by atoms with van der Waals surface area (Å²) in [5.41, 5.74) is 1.52. The summed E-state index contributed by atoms with van der Waals surface area (Å²) in [5.74, 6) is 0.162. The minimum atomic E-state index is -1.34. The van der Waals surface area contributed by atoms with Crippen molar-refractivity contribution in [2.75, 3.05) is 19.6 Å². The van der Waals surface area contributed by atoms with Crippen LogP contribution in [0.25, 0.3) is 0 Å². The molecular weight excluding hydrogens is 254 g/mol. The Hall–Kier alpha value is -1.23. The molecule has 1 heterocycles. The van der Waals surface area contributed by atoms with Crippen molar-refractivity contribution in [1.29, 1.82) is 0 Å². The van der Waals surface area contributed by atoms with Crippen LogP contribution < -0.4 is 0 Å². The van der Waals surface area contributed by atoms with Crippen LogP contribution >= 0.6 is 0 Å². The molecule has 0 radical (unpaired) electrons. The van der Waals surface area contributed by atoms with Crippen molar-refractivity contribution >= 4 is 5.78 Å². The van der Waals surface area contributed by atoms with Gasteiger partial charge in [-0.1, -0.05) is 31.2 Å². The number of benzene rings is 1. The number of hydrogen-bond acceptors (Lipinski definition) is 4. The fourth-order valence-corrected chi connectivity index (χ4v) is 2.74. The quantitative estimate of drug-likeness (QED) is 0.610. The average Bonchev–Trinajstić information content (AvgIpc) is 2.91. The van der Waals surface area contributed by atoms with Gasteiger partial charge in [0.1, 0.15) is 0 Å². The predicted octanol–water partition coefficient (Wildman–Crippen LogP) is 1.45. The number of carbonyl (C=O) groups is 1. The van der Waals surface area contributed by atoms with Crippen LogP contribution in [0.15, 0.2) is 24.3 Å². The molecule has 0 amide bonds. The lowest BCUT2D eigenvalue weighted by molar-refractivity contribution is -0.0381. The van der Waals surface area contributed by atoms with E-state index in [0.29, 0.717) is 5.56 Å². The second-order valence-electron chi connectivity index (χ2n) is 5.65. The van der Waals surface area contributed by atoms with Crippen molar-refractivity contribution in [2.45, 2.75) is 32.5 Å². The van der Waals surface area contributed by atoms with Gasteiger partial charge in [-0.25, -0.2) is 0 Å². The second-order valence-corrected chi connectivity index (χ2v) is 5.65. The van der Waals surface area contributed by atoms with E-state index in [0.717, 1.165) is 25.2 Å².